The molecule has 0 atom stereocenters. The third-order valence-electron chi connectivity index (χ3n) is 7.08. The Labute approximate surface area is 201 Å². The Morgan fingerprint density at radius 3 is 2.70 bits per heavy atom. The number of nitrogens with zero attached hydrogens (tertiary/aromatic N) is 3. The molecule has 1 aliphatic carbocycles. The van der Waals surface area contributed by atoms with Crippen LogP contribution in [0.1, 0.15) is 48.2 Å². The van der Waals surface area contributed by atoms with Gasteiger partial charge in [0.1, 0.15) is 5.58 Å². The van der Waals surface area contributed by atoms with Gasteiger partial charge in [0.2, 0.25) is 0 Å². The molecule has 4 heterocycles. The molecule has 1 saturated heterocycles. The molecule has 1 spiro atoms. The number of amides is 1. The van der Waals surface area contributed by atoms with Crippen molar-refractivity contribution in [2.75, 3.05) is 36.4 Å². The molecule has 3 aromatic rings. The van der Waals surface area contributed by atoms with Crippen LogP contribution in [0.4, 0.5) is 10.8 Å². The Hall–Kier alpha value is -2.71. The number of nitrogens with one attached hydrogen (secondary N) is 2. The number of hydrogen-bond acceptors (Lipinski definition) is 7. The number of anilines is 2. The Bertz CT molecular complexity index is 1220. The molecular formula is C24H26ClN5O2S. The molecule has 0 radical (unpaired) electrons. The molecule has 2 aliphatic heterocycles. The van der Waals surface area contributed by atoms with E-state index in [-0.39, 0.29) is 11.4 Å². The molecule has 7 nitrogen and oxygen atoms in total. The summed E-state index contributed by atoms with van der Waals surface area (Å²) < 4.78 is 6.31. The van der Waals surface area contributed by atoms with E-state index in [1.807, 2.05) is 28.6 Å². The highest BCUT2D eigenvalue weighted by molar-refractivity contribution is 7.13. The molecule has 172 valence electrons. The maximum atomic E-state index is 13.4. The average molecular weight is 484 g/mol. The standard InChI is InChI=1S/C24H26ClN5O2S/c1-15-27-20-17(25)13-16-14-18(32-21(16)19(20)24(28-15)5-3-2-4-6-24)22(31)29-8-10-30(11-9-29)23-26-7-12-33-23/h7,12-14,27-28H,1-6,8-11H2. The van der Waals surface area contributed by atoms with Crippen LogP contribution >= 0.6 is 22.9 Å². The molecule has 1 aromatic carbocycles. The average Bonchev–Trinajstić information content (AvgIpc) is 3.50. The largest absolute Gasteiger partial charge is 0.450 e. The maximum Gasteiger partial charge on any atom is 0.289 e. The summed E-state index contributed by atoms with van der Waals surface area (Å²) in [6, 6.07) is 3.73. The highest BCUT2D eigenvalue weighted by Gasteiger charge is 2.42. The molecule has 9 heteroatoms. The quantitative estimate of drug-likeness (QED) is 0.525. The van der Waals surface area contributed by atoms with Crippen molar-refractivity contribution in [2.45, 2.75) is 37.6 Å². The second-order valence-electron chi connectivity index (χ2n) is 9.10. The van der Waals surface area contributed by atoms with E-state index in [1.54, 1.807) is 11.3 Å². The second-order valence-corrected chi connectivity index (χ2v) is 10.4. The van der Waals surface area contributed by atoms with E-state index in [0.29, 0.717) is 23.9 Å². The lowest BCUT2D eigenvalue weighted by molar-refractivity contribution is 0.0717. The van der Waals surface area contributed by atoms with Crippen LogP contribution in [0, 0.1) is 0 Å². The van der Waals surface area contributed by atoms with Crippen molar-refractivity contribution in [3.05, 3.63) is 52.5 Å². The van der Waals surface area contributed by atoms with E-state index in [4.69, 9.17) is 16.0 Å². The van der Waals surface area contributed by atoms with Gasteiger partial charge in [-0.3, -0.25) is 4.79 Å². The van der Waals surface area contributed by atoms with Gasteiger partial charge in [0.25, 0.3) is 5.91 Å². The number of carbonyl (C=O) groups is 1. The van der Waals surface area contributed by atoms with Crippen LogP contribution < -0.4 is 15.5 Å². The molecule has 6 rings (SSSR count). The van der Waals surface area contributed by atoms with Crippen LogP contribution in [0.2, 0.25) is 5.02 Å². The first kappa shape index (κ1) is 20.9. The fourth-order valence-corrected chi connectivity index (χ4v) is 6.48. The van der Waals surface area contributed by atoms with Crippen molar-refractivity contribution in [1.29, 1.82) is 0 Å². The highest BCUT2D eigenvalue weighted by atomic mass is 35.5. The van der Waals surface area contributed by atoms with E-state index in [9.17, 15) is 4.79 Å². The van der Waals surface area contributed by atoms with Gasteiger partial charge in [-0.25, -0.2) is 4.98 Å². The minimum Gasteiger partial charge on any atom is -0.450 e. The predicted molar refractivity (Wildman–Crippen MR) is 132 cm³/mol. The molecule has 1 saturated carbocycles. The molecule has 33 heavy (non-hydrogen) atoms. The first-order chi connectivity index (χ1) is 16.0. The zero-order chi connectivity index (χ0) is 22.6. The van der Waals surface area contributed by atoms with Gasteiger partial charge in [0.05, 0.1) is 22.1 Å². The van der Waals surface area contributed by atoms with E-state index in [2.05, 4.69) is 27.1 Å². The summed E-state index contributed by atoms with van der Waals surface area (Å²) in [5.74, 6) is 1.05. The monoisotopic (exact) mass is 483 g/mol. The number of halogens is 1. The maximum absolute atomic E-state index is 13.4. The van der Waals surface area contributed by atoms with Gasteiger partial charge in [-0.15, -0.1) is 11.3 Å². The summed E-state index contributed by atoms with van der Waals surface area (Å²) in [5, 5.41) is 11.4. The lowest BCUT2D eigenvalue weighted by Gasteiger charge is -2.44. The number of piperazine rings is 1. The van der Waals surface area contributed by atoms with Gasteiger partial charge in [-0.05, 0) is 25.0 Å². The first-order valence-corrected chi connectivity index (χ1v) is 12.7. The van der Waals surface area contributed by atoms with Crippen LogP contribution in [0.3, 0.4) is 0 Å². The molecular weight excluding hydrogens is 458 g/mol. The lowest BCUT2D eigenvalue weighted by Crippen LogP contribution is -2.48. The smallest absolute Gasteiger partial charge is 0.289 e. The van der Waals surface area contributed by atoms with Crippen molar-refractivity contribution in [2.24, 2.45) is 0 Å². The van der Waals surface area contributed by atoms with E-state index in [1.165, 1.54) is 6.42 Å². The minimum absolute atomic E-state index is 0.0753. The van der Waals surface area contributed by atoms with Gasteiger partial charge in [0, 0.05) is 48.7 Å². The number of furan rings is 1. The van der Waals surface area contributed by atoms with E-state index >= 15 is 0 Å². The molecule has 2 N–H and O–H groups in total. The zero-order valence-corrected chi connectivity index (χ0v) is 19.9. The molecule has 2 aromatic heterocycles. The topological polar surface area (TPSA) is 73.6 Å². The second kappa shape index (κ2) is 7.95. The molecule has 3 aliphatic rings. The van der Waals surface area contributed by atoms with Crippen LogP contribution in [0.5, 0.6) is 0 Å². The Morgan fingerprint density at radius 1 is 1.18 bits per heavy atom. The minimum atomic E-state index is -0.267. The summed E-state index contributed by atoms with van der Waals surface area (Å²) in [6.07, 6.45) is 7.26. The van der Waals surface area contributed by atoms with Gasteiger partial charge in [-0.2, -0.15) is 0 Å². The van der Waals surface area contributed by atoms with Crippen molar-refractivity contribution >= 4 is 50.6 Å². The number of benzene rings is 1. The Kier molecular flexibility index (Phi) is 5.03. The molecule has 0 unspecified atom stereocenters. The number of hydrogen-bond donors (Lipinski definition) is 2. The van der Waals surface area contributed by atoms with Gasteiger partial charge in [-0.1, -0.05) is 37.4 Å². The third-order valence-corrected chi connectivity index (χ3v) is 8.21. The molecule has 0 bridgehead atoms. The van der Waals surface area contributed by atoms with Crippen LogP contribution in [-0.2, 0) is 5.54 Å². The number of rotatable bonds is 2. The number of fused-ring (bicyclic) bond motifs is 4. The number of thiazole rings is 1. The van der Waals surface area contributed by atoms with E-state index in [0.717, 1.165) is 71.9 Å². The Morgan fingerprint density at radius 2 is 1.97 bits per heavy atom. The number of carbonyl (C=O) groups excluding carboxylic acids is 1. The fourth-order valence-electron chi connectivity index (χ4n) is 5.53. The van der Waals surface area contributed by atoms with Crippen molar-refractivity contribution < 1.29 is 9.21 Å². The lowest BCUT2D eigenvalue weighted by atomic mass is 9.74. The third kappa shape index (κ3) is 3.47. The summed E-state index contributed by atoms with van der Waals surface area (Å²) in [5.41, 5.74) is 2.36. The Balaban J connectivity index is 1.33. The van der Waals surface area contributed by atoms with Crippen molar-refractivity contribution in [3.63, 3.8) is 0 Å². The number of aromatic nitrogens is 1. The summed E-state index contributed by atoms with van der Waals surface area (Å²) in [6.45, 7) is 6.93. The summed E-state index contributed by atoms with van der Waals surface area (Å²) in [7, 11) is 0. The molecule has 2 fully saturated rings. The van der Waals surface area contributed by atoms with Gasteiger partial charge in [0.15, 0.2) is 10.9 Å². The fraction of sp³-hybridized carbons (Fsp3) is 0.417. The van der Waals surface area contributed by atoms with Crippen LogP contribution in [0.25, 0.3) is 11.0 Å². The van der Waals surface area contributed by atoms with Crippen LogP contribution in [0.15, 0.2) is 40.5 Å². The van der Waals surface area contributed by atoms with Crippen molar-refractivity contribution in [3.8, 4) is 0 Å². The summed E-state index contributed by atoms with van der Waals surface area (Å²) in [4.78, 5) is 21.8. The first-order valence-electron chi connectivity index (χ1n) is 11.5. The normalized spacial score (nSPS) is 20.0. The van der Waals surface area contributed by atoms with E-state index < -0.39 is 0 Å². The van der Waals surface area contributed by atoms with Crippen molar-refractivity contribution in [1.82, 2.24) is 15.2 Å². The highest BCUT2D eigenvalue weighted by Crippen LogP contribution is 2.49. The SMILES string of the molecule is C=C1Nc2c(Cl)cc3cc(C(=O)N4CCN(c5nccs5)CC4)oc3c2C2(CCCCC2)N1. The predicted octanol–water partition coefficient (Wildman–Crippen LogP) is 5.15. The van der Waals surface area contributed by atoms with Gasteiger partial charge >= 0.3 is 0 Å². The van der Waals surface area contributed by atoms with Gasteiger partial charge < -0.3 is 24.9 Å². The molecule has 1 amide bonds. The van der Waals surface area contributed by atoms with Crippen LogP contribution in [-0.4, -0.2) is 42.0 Å². The summed E-state index contributed by atoms with van der Waals surface area (Å²) >= 11 is 8.34. The zero-order valence-electron chi connectivity index (χ0n) is 18.3.